The number of halogens is 1. The van der Waals surface area contributed by atoms with Crippen LogP contribution in [0, 0.1) is 0 Å². The number of rotatable bonds is 3. The lowest BCUT2D eigenvalue weighted by Crippen LogP contribution is -2.30. The van der Waals surface area contributed by atoms with Gasteiger partial charge in [-0.15, -0.1) is 0 Å². The molecule has 3 heteroatoms. The maximum absolute atomic E-state index is 5.85. The Labute approximate surface area is 87.4 Å². The van der Waals surface area contributed by atoms with Crippen molar-refractivity contribution in [3.63, 3.8) is 0 Å². The van der Waals surface area contributed by atoms with Crippen LogP contribution < -0.4 is 11.5 Å². The lowest BCUT2D eigenvalue weighted by molar-refractivity contribution is 0.575. The molecule has 0 radical (unpaired) electrons. The van der Waals surface area contributed by atoms with Crippen molar-refractivity contribution in [3.05, 3.63) is 34.3 Å². The molecule has 0 spiro atoms. The van der Waals surface area contributed by atoms with Crippen molar-refractivity contribution in [1.29, 1.82) is 0 Å². The van der Waals surface area contributed by atoms with Crippen molar-refractivity contribution in [3.8, 4) is 0 Å². The highest BCUT2D eigenvalue weighted by atomic mass is 79.9. The van der Waals surface area contributed by atoms with Crippen LogP contribution in [0.5, 0.6) is 0 Å². The van der Waals surface area contributed by atoms with Crippen molar-refractivity contribution < 1.29 is 0 Å². The van der Waals surface area contributed by atoms with Gasteiger partial charge in [-0.05, 0) is 18.6 Å². The molecule has 0 saturated carbocycles. The van der Waals surface area contributed by atoms with Gasteiger partial charge in [0, 0.05) is 23.0 Å². The van der Waals surface area contributed by atoms with E-state index in [1.807, 2.05) is 25.1 Å². The largest absolute Gasteiger partial charge is 0.330 e. The third kappa shape index (κ3) is 2.53. The van der Waals surface area contributed by atoms with E-state index in [4.69, 9.17) is 11.5 Å². The molecular weight excluding hydrogens is 228 g/mol. The summed E-state index contributed by atoms with van der Waals surface area (Å²) in [4.78, 5) is 0. The molecule has 0 heterocycles. The van der Waals surface area contributed by atoms with Gasteiger partial charge in [0.15, 0.2) is 0 Å². The summed E-state index contributed by atoms with van der Waals surface area (Å²) in [6, 6.07) is 8.16. The first-order chi connectivity index (χ1) is 6.16. The molecule has 0 saturated heterocycles. The topological polar surface area (TPSA) is 52.0 Å². The molecule has 0 aliphatic rings. The quantitative estimate of drug-likeness (QED) is 0.851. The Morgan fingerprint density at radius 1 is 1.38 bits per heavy atom. The molecule has 0 bridgehead atoms. The van der Waals surface area contributed by atoms with Gasteiger partial charge in [-0.2, -0.15) is 0 Å². The molecule has 1 rings (SSSR count). The molecule has 4 N–H and O–H groups in total. The summed E-state index contributed by atoms with van der Waals surface area (Å²) in [5.74, 6) is 0.232. The van der Waals surface area contributed by atoms with Crippen molar-refractivity contribution in [2.75, 3.05) is 6.54 Å². The lowest BCUT2D eigenvalue weighted by atomic mass is 9.93. The van der Waals surface area contributed by atoms with Gasteiger partial charge in [-0.1, -0.05) is 34.1 Å². The standard InChI is InChI=1S/C10H15BrN2/c1-7(13)9(6-12)8-4-2-3-5-10(8)11/h2-5,7,9H,6,12-13H2,1H3. The second-order valence-electron chi connectivity index (χ2n) is 3.22. The van der Waals surface area contributed by atoms with E-state index in [1.54, 1.807) is 0 Å². The summed E-state index contributed by atoms with van der Waals surface area (Å²) >= 11 is 3.49. The van der Waals surface area contributed by atoms with E-state index < -0.39 is 0 Å². The van der Waals surface area contributed by atoms with Crippen LogP contribution in [0.2, 0.25) is 0 Å². The summed E-state index contributed by atoms with van der Waals surface area (Å²) in [6.07, 6.45) is 0. The molecule has 0 aromatic heterocycles. The Balaban J connectivity index is 2.97. The molecule has 0 fully saturated rings. The predicted octanol–water partition coefficient (Wildman–Crippen LogP) is 1.84. The Kier molecular flexibility index (Phi) is 3.90. The Morgan fingerprint density at radius 2 is 2.00 bits per heavy atom. The van der Waals surface area contributed by atoms with Gasteiger partial charge in [0.1, 0.15) is 0 Å². The fourth-order valence-electron chi connectivity index (χ4n) is 1.40. The average Bonchev–Trinajstić information content (AvgIpc) is 2.09. The molecule has 13 heavy (non-hydrogen) atoms. The Morgan fingerprint density at radius 3 is 2.46 bits per heavy atom. The average molecular weight is 243 g/mol. The van der Waals surface area contributed by atoms with Gasteiger partial charge in [0.2, 0.25) is 0 Å². The third-order valence-electron chi connectivity index (χ3n) is 2.19. The minimum atomic E-state index is 0.0868. The lowest BCUT2D eigenvalue weighted by Gasteiger charge is -2.20. The number of hydrogen-bond donors (Lipinski definition) is 2. The Bertz CT molecular complexity index is 273. The molecule has 2 nitrogen and oxygen atoms in total. The highest BCUT2D eigenvalue weighted by Gasteiger charge is 2.16. The first kappa shape index (κ1) is 10.7. The fraction of sp³-hybridized carbons (Fsp3) is 0.400. The summed E-state index contributed by atoms with van der Waals surface area (Å²) in [6.45, 7) is 2.57. The Hall–Kier alpha value is -0.380. The molecular formula is C10H15BrN2. The van der Waals surface area contributed by atoms with E-state index in [1.165, 1.54) is 5.56 Å². The van der Waals surface area contributed by atoms with E-state index in [0.29, 0.717) is 6.54 Å². The van der Waals surface area contributed by atoms with Gasteiger partial charge in [0.25, 0.3) is 0 Å². The van der Waals surface area contributed by atoms with Crippen molar-refractivity contribution in [2.24, 2.45) is 11.5 Å². The molecule has 0 aliphatic heterocycles. The van der Waals surface area contributed by atoms with Crippen LogP contribution in [-0.2, 0) is 0 Å². The van der Waals surface area contributed by atoms with Crippen molar-refractivity contribution in [2.45, 2.75) is 18.9 Å². The minimum Gasteiger partial charge on any atom is -0.330 e. The number of nitrogens with two attached hydrogens (primary N) is 2. The van der Waals surface area contributed by atoms with E-state index in [9.17, 15) is 0 Å². The molecule has 1 aromatic rings. The molecule has 2 atom stereocenters. The summed E-state index contributed by atoms with van der Waals surface area (Å²) in [5.41, 5.74) is 12.7. The second kappa shape index (κ2) is 4.74. The number of hydrogen-bond acceptors (Lipinski definition) is 2. The molecule has 2 unspecified atom stereocenters. The van der Waals surface area contributed by atoms with Crippen molar-refractivity contribution >= 4 is 15.9 Å². The summed E-state index contributed by atoms with van der Waals surface area (Å²) in [7, 11) is 0. The smallest absolute Gasteiger partial charge is 0.0211 e. The molecule has 1 aromatic carbocycles. The van der Waals surface area contributed by atoms with Gasteiger partial charge in [-0.3, -0.25) is 0 Å². The maximum Gasteiger partial charge on any atom is 0.0211 e. The first-order valence-electron chi connectivity index (χ1n) is 4.37. The van der Waals surface area contributed by atoms with E-state index in [-0.39, 0.29) is 12.0 Å². The molecule has 0 amide bonds. The van der Waals surface area contributed by atoms with Crippen LogP contribution in [0.15, 0.2) is 28.7 Å². The summed E-state index contributed by atoms with van der Waals surface area (Å²) < 4.78 is 1.09. The zero-order valence-electron chi connectivity index (χ0n) is 7.70. The SMILES string of the molecule is CC(N)C(CN)c1ccccc1Br. The zero-order valence-corrected chi connectivity index (χ0v) is 9.29. The van der Waals surface area contributed by atoms with Crippen LogP contribution in [0.4, 0.5) is 0 Å². The monoisotopic (exact) mass is 242 g/mol. The van der Waals surface area contributed by atoms with Crippen LogP contribution in [0.25, 0.3) is 0 Å². The fourth-order valence-corrected chi connectivity index (χ4v) is 1.98. The first-order valence-corrected chi connectivity index (χ1v) is 5.16. The molecule has 0 aliphatic carbocycles. The minimum absolute atomic E-state index is 0.0868. The normalized spacial score (nSPS) is 15.4. The highest BCUT2D eigenvalue weighted by Crippen LogP contribution is 2.25. The van der Waals surface area contributed by atoms with Crippen LogP contribution >= 0.6 is 15.9 Å². The van der Waals surface area contributed by atoms with Gasteiger partial charge in [0.05, 0.1) is 0 Å². The zero-order chi connectivity index (χ0) is 9.84. The third-order valence-corrected chi connectivity index (χ3v) is 2.92. The van der Waals surface area contributed by atoms with Gasteiger partial charge < -0.3 is 11.5 Å². The van der Waals surface area contributed by atoms with E-state index in [0.717, 1.165) is 4.47 Å². The van der Waals surface area contributed by atoms with Crippen LogP contribution in [0.3, 0.4) is 0 Å². The van der Waals surface area contributed by atoms with Gasteiger partial charge in [-0.25, -0.2) is 0 Å². The van der Waals surface area contributed by atoms with Crippen LogP contribution in [-0.4, -0.2) is 12.6 Å². The predicted molar refractivity (Wildman–Crippen MR) is 59.6 cm³/mol. The van der Waals surface area contributed by atoms with Crippen LogP contribution in [0.1, 0.15) is 18.4 Å². The second-order valence-corrected chi connectivity index (χ2v) is 4.08. The number of benzene rings is 1. The maximum atomic E-state index is 5.85. The van der Waals surface area contributed by atoms with E-state index in [2.05, 4.69) is 22.0 Å². The van der Waals surface area contributed by atoms with Gasteiger partial charge >= 0.3 is 0 Å². The highest BCUT2D eigenvalue weighted by molar-refractivity contribution is 9.10. The molecule has 72 valence electrons. The van der Waals surface area contributed by atoms with E-state index >= 15 is 0 Å². The summed E-state index contributed by atoms with van der Waals surface area (Å²) in [5, 5.41) is 0. The van der Waals surface area contributed by atoms with Crippen molar-refractivity contribution in [1.82, 2.24) is 0 Å².